The van der Waals surface area contributed by atoms with Crippen molar-refractivity contribution in [1.29, 1.82) is 0 Å². The number of carbonyl (C=O) groups excluding carboxylic acids is 1. The molecule has 0 spiro atoms. The number of nitrogens with zero attached hydrogens (tertiary/aromatic N) is 2. The normalized spacial score (nSPS) is 10.6. The van der Waals surface area contributed by atoms with Gasteiger partial charge in [-0.3, -0.25) is 9.59 Å². The van der Waals surface area contributed by atoms with Crippen LogP contribution in [0.15, 0.2) is 70.3 Å². The number of fused-ring (bicyclic) bond motifs is 1. The van der Waals surface area contributed by atoms with Crippen LogP contribution in [0.2, 0.25) is 0 Å². The monoisotopic (exact) mass is 426 g/mol. The first-order chi connectivity index (χ1) is 15.5. The van der Waals surface area contributed by atoms with Gasteiger partial charge in [0.05, 0.1) is 30.0 Å². The molecule has 2 heterocycles. The molecule has 32 heavy (non-hydrogen) atoms. The van der Waals surface area contributed by atoms with Crippen LogP contribution < -0.4 is 15.8 Å². The summed E-state index contributed by atoms with van der Waals surface area (Å²) in [5.74, 6) is 3.09. The summed E-state index contributed by atoms with van der Waals surface area (Å²) in [6.07, 6.45) is 8.75. The molecular weight excluding hydrogens is 404 g/mol. The zero-order chi connectivity index (χ0) is 22.5. The Kier molecular flexibility index (Phi) is 6.04. The summed E-state index contributed by atoms with van der Waals surface area (Å²) in [6, 6.07) is 14.7. The molecule has 0 fully saturated rings. The van der Waals surface area contributed by atoms with Crippen molar-refractivity contribution >= 4 is 22.5 Å². The molecule has 7 nitrogen and oxygen atoms in total. The standard InChI is InChI=1S/C25H22N4O3/c1-3-11-29(15-18-4-9-23-22(13-18)25(31)28-17(2)27-23)21-7-5-20(6-8-21)24(30)26-14-19-10-12-32-16-19/h1,4-10,12-13,16H,11,14-15H2,2H3,(H,26,30)(H,27,28,31). The van der Waals surface area contributed by atoms with Crippen molar-refractivity contribution < 1.29 is 9.21 Å². The van der Waals surface area contributed by atoms with Crippen LogP contribution in [0.4, 0.5) is 5.69 Å². The molecule has 0 saturated heterocycles. The zero-order valence-corrected chi connectivity index (χ0v) is 17.6. The number of H-pyrrole nitrogens is 1. The minimum absolute atomic E-state index is 0.163. The van der Waals surface area contributed by atoms with Gasteiger partial charge in [-0.05, 0) is 55.0 Å². The number of amides is 1. The van der Waals surface area contributed by atoms with E-state index in [0.29, 0.717) is 41.9 Å². The highest BCUT2D eigenvalue weighted by Gasteiger charge is 2.11. The molecule has 0 saturated carbocycles. The molecule has 7 heteroatoms. The van der Waals surface area contributed by atoms with Gasteiger partial charge in [-0.2, -0.15) is 0 Å². The van der Waals surface area contributed by atoms with Crippen LogP contribution in [0.3, 0.4) is 0 Å². The highest BCUT2D eigenvalue weighted by Crippen LogP contribution is 2.20. The summed E-state index contributed by atoms with van der Waals surface area (Å²) < 4.78 is 5.01. The molecule has 4 aromatic rings. The molecule has 2 aromatic heterocycles. The minimum atomic E-state index is -0.169. The Bertz CT molecular complexity index is 1330. The number of hydrogen-bond acceptors (Lipinski definition) is 5. The van der Waals surface area contributed by atoms with Crippen molar-refractivity contribution in [2.24, 2.45) is 0 Å². The number of nitrogens with one attached hydrogen (secondary N) is 2. The summed E-state index contributed by atoms with van der Waals surface area (Å²) in [7, 11) is 0. The second-order valence-electron chi connectivity index (χ2n) is 7.42. The Morgan fingerprint density at radius 1 is 1.19 bits per heavy atom. The smallest absolute Gasteiger partial charge is 0.258 e. The average Bonchev–Trinajstić information content (AvgIpc) is 3.31. The molecule has 2 aromatic carbocycles. The SMILES string of the molecule is C#CCN(Cc1ccc2nc(C)[nH]c(=O)c2c1)c1ccc(C(=O)NCc2ccoc2)cc1. The van der Waals surface area contributed by atoms with Crippen LogP contribution >= 0.6 is 0 Å². The quantitative estimate of drug-likeness (QED) is 0.442. The molecule has 0 bridgehead atoms. The summed E-state index contributed by atoms with van der Waals surface area (Å²) in [6.45, 7) is 3.05. The molecule has 160 valence electrons. The molecule has 0 atom stereocenters. The summed E-state index contributed by atoms with van der Waals surface area (Å²) in [5, 5.41) is 3.40. The van der Waals surface area contributed by atoms with E-state index in [1.807, 2.05) is 35.2 Å². The van der Waals surface area contributed by atoms with Gasteiger partial charge in [0, 0.05) is 29.9 Å². The van der Waals surface area contributed by atoms with E-state index in [4.69, 9.17) is 10.8 Å². The van der Waals surface area contributed by atoms with Gasteiger partial charge in [0.1, 0.15) is 5.82 Å². The van der Waals surface area contributed by atoms with Crippen LogP contribution in [-0.2, 0) is 13.1 Å². The number of carbonyl (C=O) groups is 1. The molecule has 0 unspecified atom stereocenters. The van der Waals surface area contributed by atoms with Crippen LogP contribution in [0.1, 0.15) is 27.3 Å². The number of rotatable bonds is 7. The molecule has 0 aliphatic heterocycles. The second kappa shape index (κ2) is 9.23. The Morgan fingerprint density at radius 3 is 2.72 bits per heavy atom. The summed E-state index contributed by atoms with van der Waals surface area (Å²) >= 11 is 0. The predicted octanol–water partition coefficient (Wildman–Crippen LogP) is 3.39. The maximum Gasteiger partial charge on any atom is 0.258 e. The lowest BCUT2D eigenvalue weighted by Gasteiger charge is -2.23. The zero-order valence-electron chi connectivity index (χ0n) is 17.6. The Balaban J connectivity index is 1.50. The van der Waals surface area contributed by atoms with Gasteiger partial charge in [0.15, 0.2) is 0 Å². The van der Waals surface area contributed by atoms with E-state index in [-0.39, 0.29) is 11.5 Å². The van der Waals surface area contributed by atoms with E-state index in [2.05, 4.69) is 21.2 Å². The maximum absolute atomic E-state index is 12.4. The van der Waals surface area contributed by atoms with Crippen molar-refractivity contribution in [1.82, 2.24) is 15.3 Å². The lowest BCUT2D eigenvalue weighted by molar-refractivity contribution is 0.0951. The van der Waals surface area contributed by atoms with Crippen molar-refractivity contribution in [3.63, 3.8) is 0 Å². The third-order valence-electron chi connectivity index (χ3n) is 5.07. The largest absolute Gasteiger partial charge is 0.472 e. The predicted molar refractivity (Wildman–Crippen MR) is 123 cm³/mol. The number of aromatic amines is 1. The number of hydrogen-bond donors (Lipinski definition) is 2. The van der Waals surface area contributed by atoms with Crippen molar-refractivity contribution in [3.05, 3.63) is 93.9 Å². The first-order valence-electron chi connectivity index (χ1n) is 10.1. The van der Waals surface area contributed by atoms with E-state index in [1.54, 1.807) is 37.6 Å². The fourth-order valence-electron chi connectivity index (χ4n) is 3.47. The molecule has 0 aliphatic rings. The van der Waals surface area contributed by atoms with Gasteiger partial charge in [0.2, 0.25) is 0 Å². The molecule has 1 amide bonds. The van der Waals surface area contributed by atoms with Crippen LogP contribution in [0.25, 0.3) is 10.9 Å². The van der Waals surface area contributed by atoms with Gasteiger partial charge < -0.3 is 19.6 Å². The van der Waals surface area contributed by atoms with Crippen LogP contribution in [0.5, 0.6) is 0 Å². The van der Waals surface area contributed by atoms with E-state index in [1.165, 1.54) is 0 Å². The first kappa shape index (κ1) is 20.9. The minimum Gasteiger partial charge on any atom is -0.472 e. The van der Waals surface area contributed by atoms with Crippen molar-refractivity contribution in [2.45, 2.75) is 20.0 Å². The highest BCUT2D eigenvalue weighted by atomic mass is 16.3. The van der Waals surface area contributed by atoms with Crippen LogP contribution in [0, 0.1) is 19.3 Å². The fourth-order valence-corrected chi connectivity index (χ4v) is 3.47. The van der Waals surface area contributed by atoms with Crippen molar-refractivity contribution in [2.75, 3.05) is 11.4 Å². The summed E-state index contributed by atoms with van der Waals surface area (Å²) in [4.78, 5) is 33.8. The fraction of sp³-hybridized carbons (Fsp3) is 0.160. The number of terminal acetylenes is 1. The number of furan rings is 1. The maximum atomic E-state index is 12.4. The average molecular weight is 426 g/mol. The van der Waals surface area contributed by atoms with E-state index < -0.39 is 0 Å². The van der Waals surface area contributed by atoms with Gasteiger partial charge in [-0.15, -0.1) is 6.42 Å². The molecular formula is C25H22N4O3. The Hall–Kier alpha value is -4.31. The number of benzene rings is 2. The lowest BCUT2D eigenvalue weighted by atomic mass is 10.1. The van der Waals surface area contributed by atoms with E-state index in [0.717, 1.165) is 16.8 Å². The Morgan fingerprint density at radius 2 is 2.00 bits per heavy atom. The topological polar surface area (TPSA) is 91.2 Å². The van der Waals surface area contributed by atoms with Crippen LogP contribution in [-0.4, -0.2) is 22.4 Å². The first-order valence-corrected chi connectivity index (χ1v) is 10.1. The highest BCUT2D eigenvalue weighted by molar-refractivity contribution is 5.94. The van der Waals surface area contributed by atoms with Gasteiger partial charge >= 0.3 is 0 Å². The van der Waals surface area contributed by atoms with Gasteiger partial charge in [-0.1, -0.05) is 12.0 Å². The van der Waals surface area contributed by atoms with E-state index in [9.17, 15) is 9.59 Å². The molecule has 2 N–H and O–H groups in total. The van der Waals surface area contributed by atoms with Gasteiger partial charge in [0.25, 0.3) is 11.5 Å². The molecule has 0 radical (unpaired) electrons. The number of anilines is 1. The number of aryl methyl sites for hydroxylation is 1. The Labute approximate surface area is 185 Å². The van der Waals surface area contributed by atoms with E-state index >= 15 is 0 Å². The third kappa shape index (κ3) is 4.71. The third-order valence-corrected chi connectivity index (χ3v) is 5.07. The second-order valence-corrected chi connectivity index (χ2v) is 7.42. The molecule has 4 rings (SSSR count). The summed E-state index contributed by atoms with van der Waals surface area (Å²) in [5.41, 5.74) is 3.76. The van der Waals surface area contributed by atoms with Gasteiger partial charge in [-0.25, -0.2) is 4.98 Å². The lowest BCUT2D eigenvalue weighted by Crippen LogP contribution is -2.24. The van der Waals surface area contributed by atoms with Crippen molar-refractivity contribution in [3.8, 4) is 12.3 Å². The molecule has 0 aliphatic carbocycles. The number of aromatic nitrogens is 2.